The normalized spacial score (nSPS) is 10.5. The van der Waals surface area contributed by atoms with Crippen molar-refractivity contribution in [1.82, 2.24) is 0 Å². The van der Waals surface area contributed by atoms with E-state index in [-0.39, 0.29) is 0 Å². The van der Waals surface area contributed by atoms with Crippen LogP contribution >= 0.6 is 11.6 Å². The Morgan fingerprint density at radius 1 is 1.17 bits per heavy atom. The van der Waals surface area contributed by atoms with Crippen molar-refractivity contribution in [3.05, 3.63) is 64.2 Å². The number of aliphatic imine (C=N–C) groups is 1. The molecule has 88 valence electrons. The molecule has 2 aromatic rings. The van der Waals surface area contributed by atoms with Crippen molar-refractivity contribution < 1.29 is 0 Å². The predicted molar refractivity (Wildman–Crippen MR) is 74.6 cm³/mol. The molecule has 0 atom stereocenters. The summed E-state index contributed by atoms with van der Waals surface area (Å²) in [6.07, 6.45) is 1.76. The molecule has 2 nitrogen and oxygen atoms in total. The summed E-state index contributed by atoms with van der Waals surface area (Å²) in [7, 11) is 0. The molecule has 18 heavy (non-hydrogen) atoms. The summed E-state index contributed by atoms with van der Waals surface area (Å²) in [5, 5.41) is 9.42. The Kier molecular flexibility index (Phi) is 3.76. The number of nitrogens with zero attached hydrogens (tertiary/aromatic N) is 2. The minimum absolute atomic E-state index is 0.645. The molecule has 0 aromatic heterocycles. The monoisotopic (exact) mass is 254 g/mol. The number of benzene rings is 2. The lowest BCUT2D eigenvalue weighted by molar-refractivity contribution is 1.40. The van der Waals surface area contributed by atoms with Gasteiger partial charge in [-0.25, -0.2) is 0 Å². The van der Waals surface area contributed by atoms with Gasteiger partial charge >= 0.3 is 0 Å². The van der Waals surface area contributed by atoms with Crippen LogP contribution < -0.4 is 0 Å². The van der Waals surface area contributed by atoms with Gasteiger partial charge in [0, 0.05) is 11.2 Å². The zero-order valence-electron chi connectivity index (χ0n) is 9.89. The fraction of sp³-hybridized carbons (Fsp3) is 0.0667. The van der Waals surface area contributed by atoms with Crippen molar-refractivity contribution in [3.8, 4) is 6.07 Å². The largest absolute Gasteiger partial charge is 0.256 e. The lowest BCUT2D eigenvalue weighted by Crippen LogP contribution is -1.82. The van der Waals surface area contributed by atoms with Crippen molar-refractivity contribution in [3.63, 3.8) is 0 Å². The summed E-state index contributed by atoms with van der Waals surface area (Å²) < 4.78 is 0. The third kappa shape index (κ3) is 2.77. The van der Waals surface area contributed by atoms with E-state index >= 15 is 0 Å². The molecule has 0 spiro atoms. The highest BCUT2D eigenvalue weighted by Gasteiger charge is 1.99. The molecular formula is C15H11ClN2. The third-order valence-electron chi connectivity index (χ3n) is 2.63. The maximum atomic E-state index is 8.71. The summed E-state index contributed by atoms with van der Waals surface area (Å²) in [5.74, 6) is 0. The minimum Gasteiger partial charge on any atom is -0.256 e. The average molecular weight is 255 g/mol. The second-order valence-corrected chi connectivity index (χ2v) is 4.28. The summed E-state index contributed by atoms with van der Waals surface area (Å²) >= 11 is 6.03. The summed E-state index contributed by atoms with van der Waals surface area (Å²) in [6, 6.07) is 15.0. The minimum atomic E-state index is 0.645. The molecule has 0 radical (unpaired) electrons. The van der Waals surface area contributed by atoms with Crippen LogP contribution in [0.4, 0.5) is 5.69 Å². The Balaban J connectivity index is 2.25. The number of halogens is 1. The Bertz CT molecular complexity index is 622. The first-order chi connectivity index (χ1) is 8.70. The highest BCUT2D eigenvalue weighted by atomic mass is 35.5. The first-order valence-corrected chi connectivity index (χ1v) is 5.88. The van der Waals surface area contributed by atoms with E-state index in [1.165, 1.54) is 0 Å². The first kappa shape index (κ1) is 12.3. The topological polar surface area (TPSA) is 36.1 Å². The van der Waals surface area contributed by atoms with E-state index in [2.05, 4.69) is 11.1 Å². The van der Waals surface area contributed by atoms with Gasteiger partial charge in [0.1, 0.15) is 0 Å². The van der Waals surface area contributed by atoms with Crippen molar-refractivity contribution >= 4 is 23.5 Å². The summed E-state index contributed by atoms with van der Waals surface area (Å²) in [6.45, 7) is 1.94. The van der Waals surface area contributed by atoms with Crippen molar-refractivity contribution in [2.75, 3.05) is 0 Å². The molecular weight excluding hydrogens is 244 g/mol. The van der Waals surface area contributed by atoms with Gasteiger partial charge in [-0.2, -0.15) is 5.26 Å². The predicted octanol–water partition coefficient (Wildman–Crippen LogP) is 4.27. The molecule has 0 unspecified atom stereocenters. The third-order valence-corrected chi connectivity index (χ3v) is 3.04. The van der Waals surface area contributed by atoms with E-state index in [4.69, 9.17) is 16.9 Å². The number of rotatable bonds is 2. The van der Waals surface area contributed by atoms with E-state index in [0.717, 1.165) is 16.8 Å². The Morgan fingerprint density at radius 2 is 1.89 bits per heavy atom. The van der Waals surface area contributed by atoms with E-state index in [0.29, 0.717) is 10.6 Å². The molecule has 2 rings (SSSR count). The van der Waals surface area contributed by atoms with Gasteiger partial charge < -0.3 is 0 Å². The quantitative estimate of drug-likeness (QED) is 0.737. The lowest BCUT2D eigenvalue weighted by Gasteiger charge is -2.01. The first-order valence-electron chi connectivity index (χ1n) is 5.50. The molecule has 3 heteroatoms. The average Bonchev–Trinajstić information content (AvgIpc) is 2.41. The van der Waals surface area contributed by atoms with Crippen molar-refractivity contribution in [1.29, 1.82) is 5.26 Å². The standard InChI is InChI=1S/C15H11ClN2/c1-11-14(16)3-2-4-15(11)18-10-13-7-5-12(9-17)6-8-13/h2-8,10H,1H3. The molecule has 0 N–H and O–H groups in total. The van der Waals surface area contributed by atoms with Crippen molar-refractivity contribution in [2.45, 2.75) is 6.92 Å². The Labute approximate surface area is 111 Å². The van der Waals surface area contributed by atoms with Crippen LogP contribution in [0.1, 0.15) is 16.7 Å². The van der Waals surface area contributed by atoms with Crippen LogP contribution in [0.25, 0.3) is 0 Å². The molecule has 0 saturated heterocycles. The summed E-state index contributed by atoms with van der Waals surface area (Å²) in [5.41, 5.74) is 3.41. The Morgan fingerprint density at radius 3 is 2.56 bits per heavy atom. The van der Waals surface area contributed by atoms with Gasteiger partial charge in [0.2, 0.25) is 0 Å². The molecule has 0 aliphatic carbocycles. The number of hydrogen-bond acceptors (Lipinski definition) is 2. The van der Waals surface area contributed by atoms with E-state index < -0.39 is 0 Å². The fourth-order valence-corrected chi connectivity index (χ4v) is 1.69. The molecule has 2 aromatic carbocycles. The van der Waals surface area contributed by atoms with Crippen molar-refractivity contribution in [2.24, 2.45) is 4.99 Å². The van der Waals surface area contributed by atoms with Crippen LogP contribution in [0.3, 0.4) is 0 Å². The summed E-state index contributed by atoms with van der Waals surface area (Å²) in [4.78, 5) is 4.40. The van der Waals surface area contributed by atoms with E-state index in [1.54, 1.807) is 18.3 Å². The van der Waals surface area contributed by atoms with E-state index in [1.807, 2.05) is 37.3 Å². The van der Waals surface area contributed by atoms with Gasteiger partial charge in [0.05, 0.1) is 17.3 Å². The molecule has 0 aliphatic heterocycles. The second-order valence-electron chi connectivity index (χ2n) is 3.88. The van der Waals surface area contributed by atoms with Gasteiger partial charge in [0.25, 0.3) is 0 Å². The van der Waals surface area contributed by atoms with Crippen LogP contribution in [-0.2, 0) is 0 Å². The Hall–Kier alpha value is -2.11. The zero-order valence-corrected chi connectivity index (χ0v) is 10.6. The van der Waals surface area contributed by atoms with Gasteiger partial charge in [0.15, 0.2) is 0 Å². The molecule has 0 fully saturated rings. The number of nitriles is 1. The van der Waals surface area contributed by atoms with Crippen LogP contribution in [0, 0.1) is 18.3 Å². The van der Waals surface area contributed by atoms with Crippen LogP contribution in [0.5, 0.6) is 0 Å². The highest BCUT2D eigenvalue weighted by molar-refractivity contribution is 6.31. The maximum Gasteiger partial charge on any atom is 0.0991 e. The zero-order chi connectivity index (χ0) is 13.0. The lowest BCUT2D eigenvalue weighted by atomic mass is 10.1. The fourth-order valence-electron chi connectivity index (χ4n) is 1.52. The molecule has 0 bridgehead atoms. The molecule has 0 saturated carbocycles. The molecule has 0 amide bonds. The smallest absolute Gasteiger partial charge is 0.0991 e. The second kappa shape index (κ2) is 5.48. The van der Waals surface area contributed by atoms with Gasteiger partial charge in [-0.1, -0.05) is 29.8 Å². The van der Waals surface area contributed by atoms with Gasteiger partial charge in [-0.15, -0.1) is 0 Å². The maximum absolute atomic E-state index is 8.71. The highest BCUT2D eigenvalue weighted by Crippen LogP contribution is 2.25. The molecule has 0 heterocycles. The SMILES string of the molecule is Cc1c(Cl)cccc1N=Cc1ccc(C#N)cc1. The van der Waals surface area contributed by atoms with Crippen LogP contribution in [0.15, 0.2) is 47.5 Å². The van der Waals surface area contributed by atoms with Gasteiger partial charge in [-0.3, -0.25) is 4.99 Å². The van der Waals surface area contributed by atoms with Crippen LogP contribution in [0.2, 0.25) is 5.02 Å². The van der Waals surface area contributed by atoms with Crippen LogP contribution in [-0.4, -0.2) is 6.21 Å². The van der Waals surface area contributed by atoms with E-state index in [9.17, 15) is 0 Å². The number of hydrogen-bond donors (Lipinski definition) is 0. The molecule has 0 aliphatic rings. The van der Waals surface area contributed by atoms with Gasteiger partial charge in [-0.05, 0) is 42.3 Å².